The topological polar surface area (TPSA) is 86.7 Å². The van der Waals surface area contributed by atoms with Crippen LogP contribution in [0.4, 0.5) is 0 Å². The van der Waals surface area contributed by atoms with Crippen LogP contribution in [0.25, 0.3) is 0 Å². The van der Waals surface area contributed by atoms with Crippen LogP contribution in [0.3, 0.4) is 0 Å². The smallest absolute Gasteiger partial charge is 0.306 e. The average Bonchev–Trinajstić information content (AvgIpc) is 2.57. The average molecular weight is 370 g/mol. The summed E-state index contributed by atoms with van der Waals surface area (Å²) in [6.07, 6.45) is 4.26. The molecular formula is C20H34O6. The van der Waals surface area contributed by atoms with Crippen LogP contribution in [0.1, 0.15) is 85.5 Å². The molecule has 0 fully saturated rings. The number of carbonyl (C=O) groups is 4. The molecule has 0 rings (SSSR count). The molecule has 0 aliphatic heterocycles. The molecule has 0 aromatic carbocycles. The Labute approximate surface area is 157 Å². The minimum Gasteiger partial charge on any atom is -0.461 e. The summed E-state index contributed by atoms with van der Waals surface area (Å²) in [6.45, 7) is 7.29. The summed E-state index contributed by atoms with van der Waals surface area (Å²) >= 11 is 0. The van der Waals surface area contributed by atoms with E-state index in [2.05, 4.69) is 0 Å². The molecule has 0 aromatic rings. The summed E-state index contributed by atoms with van der Waals surface area (Å²) in [7, 11) is 0. The van der Waals surface area contributed by atoms with Crippen molar-refractivity contribution in [3.8, 4) is 0 Å². The summed E-state index contributed by atoms with van der Waals surface area (Å²) in [5.74, 6) is -2.38. The van der Waals surface area contributed by atoms with Crippen LogP contribution in [0.5, 0.6) is 0 Å². The van der Waals surface area contributed by atoms with E-state index in [1.54, 1.807) is 0 Å². The van der Waals surface area contributed by atoms with Gasteiger partial charge in [-0.3, -0.25) is 19.2 Å². The predicted molar refractivity (Wildman–Crippen MR) is 98.6 cm³/mol. The molecular weight excluding hydrogens is 336 g/mol. The number of ketones is 2. The second-order valence-electron chi connectivity index (χ2n) is 6.96. The number of unbranched alkanes of at least 4 members (excludes halogenated alkanes) is 4. The fraction of sp³-hybridized carbons (Fsp3) is 0.800. The van der Waals surface area contributed by atoms with Gasteiger partial charge in [-0.1, -0.05) is 53.4 Å². The van der Waals surface area contributed by atoms with Crippen molar-refractivity contribution in [1.29, 1.82) is 0 Å². The molecule has 6 heteroatoms. The molecule has 0 bridgehead atoms. The van der Waals surface area contributed by atoms with Gasteiger partial charge < -0.3 is 9.47 Å². The highest BCUT2D eigenvalue weighted by Crippen LogP contribution is 2.09. The van der Waals surface area contributed by atoms with Gasteiger partial charge in [0.05, 0.1) is 0 Å². The SMILES string of the molecule is CCCCCC(=O)OCC(OC(=O)CCCCC)C(=O)C(=O)CC(C)C. The van der Waals surface area contributed by atoms with Crippen molar-refractivity contribution in [2.45, 2.75) is 91.6 Å². The normalized spacial score (nSPS) is 11.9. The number of hydrogen-bond donors (Lipinski definition) is 0. The number of esters is 2. The maximum Gasteiger partial charge on any atom is 0.306 e. The molecule has 0 aliphatic rings. The van der Waals surface area contributed by atoms with E-state index >= 15 is 0 Å². The maximum absolute atomic E-state index is 12.3. The second-order valence-corrected chi connectivity index (χ2v) is 6.96. The monoisotopic (exact) mass is 370 g/mol. The highest BCUT2D eigenvalue weighted by Gasteiger charge is 2.30. The molecule has 1 unspecified atom stereocenters. The van der Waals surface area contributed by atoms with Crippen molar-refractivity contribution < 1.29 is 28.7 Å². The zero-order valence-corrected chi connectivity index (χ0v) is 16.7. The van der Waals surface area contributed by atoms with Gasteiger partial charge in [0.1, 0.15) is 6.61 Å². The number of hydrogen-bond acceptors (Lipinski definition) is 6. The lowest BCUT2D eigenvalue weighted by atomic mass is 10.0. The highest BCUT2D eigenvalue weighted by atomic mass is 16.6. The van der Waals surface area contributed by atoms with Crippen molar-refractivity contribution in [1.82, 2.24) is 0 Å². The number of carbonyl (C=O) groups excluding carboxylic acids is 4. The lowest BCUT2D eigenvalue weighted by molar-refractivity contribution is -0.165. The molecule has 150 valence electrons. The zero-order chi connectivity index (χ0) is 19.9. The van der Waals surface area contributed by atoms with Gasteiger partial charge in [0, 0.05) is 19.3 Å². The van der Waals surface area contributed by atoms with E-state index in [-0.39, 0.29) is 25.2 Å². The first-order chi connectivity index (χ1) is 12.3. The molecule has 0 aliphatic carbocycles. The third-order valence-electron chi connectivity index (χ3n) is 3.80. The van der Waals surface area contributed by atoms with E-state index in [9.17, 15) is 19.2 Å². The van der Waals surface area contributed by atoms with Crippen LogP contribution in [0.15, 0.2) is 0 Å². The Balaban J connectivity index is 4.71. The molecule has 0 N–H and O–H groups in total. The van der Waals surface area contributed by atoms with E-state index in [0.717, 1.165) is 25.7 Å². The Bertz CT molecular complexity index is 455. The van der Waals surface area contributed by atoms with Crippen LogP contribution in [-0.2, 0) is 28.7 Å². The highest BCUT2D eigenvalue weighted by molar-refractivity contribution is 6.39. The van der Waals surface area contributed by atoms with Gasteiger partial charge in [-0.05, 0) is 18.8 Å². The molecule has 26 heavy (non-hydrogen) atoms. The zero-order valence-electron chi connectivity index (χ0n) is 16.7. The third kappa shape index (κ3) is 11.8. The van der Waals surface area contributed by atoms with Gasteiger partial charge in [0.25, 0.3) is 0 Å². The number of Topliss-reactive ketones (excluding diaryl/α,β-unsaturated/α-hetero) is 2. The first kappa shape index (κ1) is 24.3. The molecule has 0 aromatic heterocycles. The summed E-state index contributed by atoms with van der Waals surface area (Å²) in [5.41, 5.74) is 0. The van der Waals surface area contributed by atoms with E-state index in [1.165, 1.54) is 0 Å². The van der Waals surface area contributed by atoms with Crippen molar-refractivity contribution >= 4 is 23.5 Å². The Morgan fingerprint density at radius 3 is 1.85 bits per heavy atom. The van der Waals surface area contributed by atoms with Crippen LogP contribution in [0, 0.1) is 5.92 Å². The lowest BCUT2D eigenvalue weighted by Crippen LogP contribution is -2.37. The summed E-state index contributed by atoms with van der Waals surface area (Å²) in [6, 6.07) is 0. The molecule has 0 heterocycles. The molecule has 1 atom stereocenters. The first-order valence-electron chi connectivity index (χ1n) is 9.73. The number of rotatable bonds is 15. The van der Waals surface area contributed by atoms with Crippen molar-refractivity contribution in [3.63, 3.8) is 0 Å². The molecule has 0 spiro atoms. The molecule has 0 saturated carbocycles. The summed E-state index contributed by atoms with van der Waals surface area (Å²) in [4.78, 5) is 47.9. The minimum absolute atomic E-state index is 0.0175. The van der Waals surface area contributed by atoms with Gasteiger partial charge in [-0.25, -0.2) is 0 Å². The molecule has 0 amide bonds. The largest absolute Gasteiger partial charge is 0.461 e. The fourth-order valence-electron chi connectivity index (χ4n) is 2.31. The van der Waals surface area contributed by atoms with Crippen molar-refractivity contribution in [2.75, 3.05) is 6.61 Å². The molecule has 0 saturated heterocycles. The standard InChI is InChI=1S/C20H34O6/c1-5-7-9-11-18(22)25-14-17(20(24)16(21)13-15(3)4)26-19(23)12-10-8-6-2/h15,17H,5-14H2,1-4H3. The summed E-state index contributed by atoms with van der Waals surface area (Å²) in [5, 5.41) is 0. The Kier molecular flexibility index (Phi) is 13.5. The number of ether oxygens (including phenoxy) is 2. The van der Waals surface area contributed by atoms with Crippen LogP contribution < -0.4 is 0 Å². The van der Waals surface area contributed by atoms with E-state index in [0.29, 0.717) is 12.8 Å². The lowest BCUT2D eigenvalue weighted by Gasteiger charge is -2.17. The van der Waals surface area contributed by atoms with Gasteiger partial charge in [0.2, 0.25) is 17.7 Å². The van der Waals surface area contributed by atoms with E-state index in [4.69, 9.17) is 9.47 Å². The van der Waals surface area contributed by atoms with Crippen LogP contribution in [0.2, 0.25) is 0 Å². The summed E-state index contributed by atoms with van der Waals surface area (Å²) < 4.78 is 10.2. The van der Waals surface area contributed by atoms with Crippen LogP contribution >= 0.6 is 0 Å². The van der Waals surface area contributed by atoms with E-state index < -0.39 is 36.2 Å². The predicted octanol–water partition coefficient (Wildman–Crippen LogP) is 3.79. The molecule has 0 radical (unpaired) electrons. The van der Waals surface area contributed by atoms with Crippen LogP contribution in [-0.4, -0.2) is 36.2 Å². The van der Waals surface area contributed by atoms with Gasteiger partial charge >= 0.3 is 11.9 Å². The quantitative estimate of drug-likeness (QED) is 0.248. The van der Waals surface area contributed by atoms with E-state index in [1.807, 2.05) is 27.7 Å². The van der Waals surface area contributed by atoms with Gasteiger partial charge in [0.15, 0.2) is 0 Å². The Morgan fingerprint density at radius 1 is 0.808 bits per heavy atom. The first-order valence-corrected chi connectivity index (χ1v) is 9.73. The van der Waals surface area contributed by atoms with Crippen molar-refractivity contribution in [2.24, 2.45) is 5.92 Å². The Morgan fingerprint density at radius 2 is 1.35 bits per heavy atom. The maximum atomic E-state index is 12.3. The van der Waals surface area contributed by atoms with Crippen molar-refractivity contribution in [3.05, 3.63) is 0 Å². The van der Waals surface area contributed by atoms with Gasteiger partial charge in [-0.2, -0.15) is 0 Å². The second kappa shape index (κ2) is 14.4. The molecule has 6 nitrogen and oxygen atoms in total. The van der Waals surface area contributed by atoms with Gasteiger partial charge in [-0.15, -0.1) is 0 Å². The fourth-order valence-corrected chi connectivity index (χ4v) is 2.31. The minimum atomic E-state index is -1.34. The third-order valence-corrected chi connectivity index (χ3v) is 3.80. The Hall–Kier alpha value is -1.72.